The number of hydrogen-bond acceptors (Lipinski definition) is 3. The first kappa shape index (κ1) is 14.8. The van der Waals surface area contributed by atoms with Crippen LogP contribution in [0.4, 0.5) is 11.4 Å². The number of furan rings is 1. The van der Waals surface area contributed by atoms with Gasteiger partial charge in [0.2, 0.25) is 0 Å². The summed E-state index contributed by atoms with van der Waals surface area (Å²) in [5, 5.41) is 8.43. The zero-order valence-corrected chi connectivity index (χ0v) is 15.2. The summed E-state index contributed by atoms with van der Waals surface area (Å²) in [5.41, 5.74) is 3.95. The predicted molar refractivity (Wildman–Crippen MR) is 116 cm³/mol. The summed E-state index contributed by atoms with van der Waals surface area (Å²) in [7, 11) is 0. The Morgan fingerprint density at radius 3 is 2.37 bits per heavy atom. The maximum absolute atomic E-state index is 6.22. The molecule has 1 N–H and O–H groups in total. The zero-order chi connectivity index (χ0) is 17.8. The lowest BCUT2D eigenvalue weighted by Crippen LogP contribution is -1.88. The number of benzene rings is 4. The minimum Gasteiger partial charge on any atom is -0.456 e. The van der Waals surface area contributed by atoms with Gasteiger partial charge in [0.05, 0.1) is 0 Å². The van der Waals surface area contributed by atoms with Crippen molar-refractivity contribution < 1.29 is 4.42 Å². The molecule has 27 heavy (non-hydrogen) atoms. The molecular formula is C24H15NOS. The van der Waals surface area contributed by atoms with Crippen molar-refractivity contribution in [3.63, 3.8) is 0 Å². The number of fused-ring (bicyclic) bond motifs is 7. The molecule has 2 nitrogen and oxygen atoms in total. The fourth-order valence-corrected chi connectivity index (χ4v) is 4.96. The molecule has 2 aromatic heterocycles. The van der Waals surface area contributed by atoms with E-state index in [1.54, 1.807) is 0 Å². The summed E-state index contributed by atoms with van der Waals surface area (Å²) < 4.78 is 8.84. The Labute approximate surface area is 159 Å². The van der Waals surface area contributed by atoms with Crippen LogP contribution in [-0.4, -0.2) is 0 Å². The van der Waals surface area contributed by atoms with Gasteiger partial charge in [0.15, 0.2) is 0 Å². The number of thiophene rings is 1. The van der Waals surface area contributed by atoms with E-state index in [9.17, 15) is 0 Å². The van der Waals surface area contributed by atoms with E-state index in [4.69, 9.17) is 4.42 Å². The fraction of sp³-hybridized carbons (Fsp3) is 0. The van der Waals surface area contributed by atoms with E-state index in [2.05, 4.69) is 72.0 Å². The first-order chi connectivity index (χ1) is 13.4. The van der Waals surface area contributed by atoms with Crippen LogP contribution >= 0.6 is 11.3 Å². The molecule has 0 aliphatic heterocycles. The summed E-state index contributed by atoms with van der Waals surface area (Å²) in [6.45, 7) is 0. The third-order valence-corrected chi connectivity index (χ3v) is 6.17. The molecule has 0 saturated carbocycles. The van der Waals surface area contributed by atoms with Gasteiger partial charge in [0.25, 0.3) is 0 Å². The minimum absolute atomic E-state index is 0.911. The number of hydrogen-bond donors (Lipinski definition) is 1. The second kappa shape index (κ2) is 5.60. The van der Waals surface area contributed by atoms with Gasteiger partial charge in [-0.05, 0) is 42.5 Å². The average Bonchev–Trinajstić information content (AvgIpc) is 3.25. The lowest BCUT2D eigenvalue weighted by molar-refractivity contribution is 0.669. The Hall–Kier alpha value is -3.30. The fourth-order valence-electron chi connectivity index (χ4n) is 3.85. The third-order valence-electron chi connectivity index (χ3n) is 5.04. The highest BCUT2D eigenvalue weighted by molar-refractivity contribution is 7.26. The van der Waals surface area contributed by atoms with Crippen molar-refractivity contribution in [2.75, 3.05) is 5.32 Å². The molecule has 0 fully saturated rings. The standard InChI is InChI=1S/C24H15NOS/c1-2-6-15(7-3-1)25-16-10-11-17-20(14-16)26-19-12-13-22-24(23(17)19)18-8-4-5-9-21(18)27-22/h1-14,25H. The van der Waals surface area contributed by atoms with Crippen LogP contribution in [0, 0.1) is 0 Å². The highest BCUT2D eigenvalue weighted by atomic mass is 32.1. The van der Waals surface area contributed by atoms with E-state index in [1.807, 2.05) is 29.5 Å². The van der Waals surface area contributed by atoms with Gasteiger partial charge >= 0.3 is 0 Å². The molecular weight excluding hydrogens is 350 g/mol. The second-order valence-electron chi connectivity index (χ2n) is 6.71. The van der Waals surface area contributed by atoms with Crippen molar-refractivity contribution in [2.24, 2.45) is 0 Å². The molecule has 0 unspecified atom stereocenters. The summed E-state index contributed by atoms with van der Waals surface area (Å²) in [5.74, 6) is 0. The molecule has 2 heterocycles. The monoisotopic (exact) mass is 365 g/mol. The van der Waals surface area contributed by atoms with E-state index < -0.39 is 0 Å². The van der Waals surface area contributed by atoms with Crippen LogP contribution in [0.25, 0.3) is 42.1 Å². The van der Waals surface area contributed by atoms with Crippen LogP contribution in [0.2, 0.25) is 0 Å². The third kappa shape index (κ3) is 2.25. The van der Waals surface area contributed by atoms with E-state index in [0.717, 1.165) is 27.9 Å². The molecule has 0 amide bonds. The van der Waals surface area contributed by atoms with Crippen molar-refractivity contribution in [3.8, 4) is 0 Å². The quantitative estimate of drug-likeness (QED) is 0.340. The van der Waals surface area contributed by atoms with Crippen molar-refractivity contribution in [3.05, 3.63) is 84.9 Å². The van der Waals surface area contributed by atoms with E-state index in [-0.39, 0.29) is 0 Å². The van der Waals surface area contributed by atoms with Crippen LogP contribution in [0.1, 0.15) is 0 Å². The molecule has 6 aromatic rings. The van der Waals surface area contributed by atoms with Crippen molar-refractivity contribution in [1.82, 2.24) is 0 Å². The highest BCUT2D eigenvalue weighted by Crippen LogP contribution is 2.42. The summed E-state index contributed by atoms with van der Waals surface area (Å²) >= 11 is 1.84. The molecule has 128 valence electrons. The molecule has 0 atom stereocenters. The molecule has 0 bridgehead atoms. The number of nitrogens with one attached hydrogen (secondary N) is 1. The van der Waals surface area contributed by atoms with Gasteiger partial charge < -0.3 is 9.73 Å². The lowest BCUT2D eigenvalue weighted by atomic mass is 10.1. The van der Waals surface area contributed by atoms with Gasteiger partial charge in [-0.3, -0.25) is 0 Å². The van der Waals surface area contributed by atoms with Crippen LogP contribution in [0.15, 0.2) is 89.3 Å². The van der Waals surface area contributed by atoms with Crippen LogP contribution in [0.3, 0.4) is 0 Å². The normalized spacial score (nSPS) is 11.7. The molecule has 0 radical (unpaired) electrons. The summed E-state index contributed by atoms with van der Waals surface area (Å²) in [6, 6.07) is 29.4. The predicted octanol–water partition coefficient (Wildman–Crippen LogP) is 7.70. The average molecular weight is 365 g/mol. The first-order valence-electron chi connectivity index (χ1n) is 8.95. The Bertz CT molecular complexity index is 1440. The second-order valence-corrected chi connectivity index (χ2v) is 7.80. The Balaban J connectivity index is 1.61. The van der Waals surface area contributed by atoms with E-state index >= 15 is 0 Å². The SMILES string of the molecule is c1ccc(Nc2ccc3c(c2)oc2ccc4sc5ccccc5c4c23)cc1. The topological polar surface area (TPSA) is 25.2 Å². The molecule has 0 aliphatic rings. The smallest absolute Gasteiger partial charge is 0.137 e. The number of anilines is 2. The lowest BCUT2D eigenvalue weighted by Gasteiger charge is -2.05. The van der Waals surface area contributed by atoms with Crippen LogP contribution in [0.5, 0.6) is 0 Å². The summed E-state index contributed by atoms with van der Waals surface area (Å²) in [4.78, 5) is 0. The van der Waals surface area contributed by atoms with Crippen molar-refractivity contribution >= 4 is 64.8 Å². The Kier molecular flexibility index (Phi) is 3.07. The maximum atomic E-state index is 6.22. The van der Waals surface area contributed by atoms with Crippen LogP contribution in [-0.2, 0) is 0 Å². The van der Waals surface area contributed by atoms with Gasteiger partial charge in [-0.2, -0.15) is 0 Å². The highest BCUT2D eigenvalue weighted by Gasteiger charge is 2.15. The maximum Gasteiger partial charge on any atom is 0.137 e. The Morgan fingerprint density at radius 2 is 1.44 bits per heavy atom. The number of rotatable bonds is 2. The minimum atomic E-state index is 0.911. The van der Waals surface area contributed by atoms with Gasteiger partial charge in [0, 0.05) is 48.4 Å². The molecule has 4 aromatic carbocycles. The van der Waals surface area contributed by atoms with Gasteiger partial charge in [-0.25, -0.2) is 0 Å². The summed E-state index contributed by atoms with van der Waals surface area (Å²) in [6.07, 6.45) is 0. The van der Waals surface area contributed by atoms with Crippen LogP contribution < -0.4 is 5.32 Å². The molecule has 0 saturated heterocycles. The first-order valence-corrected chi connectivity index (χ1v) is 9.77. The van der Waals surface area contributed by atoms with Gasteiger partial charge in [-0.15, -0.1) is 11.3 Å². The Morgan fingerprint density at radius 1 is 0.593 bits per heavy atom. The van der Waals surface area contributed by atoms with Crippen molar-refractivity contribution in [2.45, 2.75) is 0 Å². The van der Waals surface area contributed by atoms with Gasteiger partial charge in [-0.1, -0.05) is 36.4 Å². The molecule has 6 rings (SSSR count). The molecule has 0 spiro atoms. The zero-order valence-electron chi connectivity index (χ0n) is 14.4. The largest absolute Gasteiger partial charge is 0.456 e. The van der Waals surface area contributed by atoms with E-state index in [1.165, 1.54) is 25.6 Å². The van der Waals surface area contributed by atoms with Crippen molar-refractivity contribution in [1.29, 1.82) is 0 Å². The molecule has 3 heteroatoms. The number of para-hydroxylation sites is 1. The van der Waals surface area contributed by atoms with Gasteiger partial charge in [0.1, 0.15) is 11.2 Å². The molecule has 0 aliphatic carbocycles. The van der Waals surface area contributed by atoms with E-state index in [0.29, 0.717) is 0 Å².